The van der Waals surface area contributed by atoms with Crippen molar-refractivity contribution >= 4 is 23.7 Å². The molecule has 0 aromatic heterocycles. The summed E-state index contributed by atoms with van der Waals surface area (Å²) < 4.78 is 12.7. The van der Waals surface area contributed by atoms with Gasteiger partial charge in [0.25, 0.3) is 0 Å². The fourth-order valence-corrected chi connectivity index (χ4v) is 3.66. The van der Waals surface area contributed by atoms with Gasteiger partial charge in [0.1, 0.15) is 5.82 Å². The van der Waals surface area contributed by atoms with Crippen LogP contribution in [-0.4, -0.2) is 23.5 Å². The molecule has 2 nitrogen and oxygen atoms in total. The molecule has 1 aliphatic rings. The number of halogens is 1. The normalized spacial score (nSPS) is 16.2. The fourth-order valence-electron chi connectivity index (χ4n) is 2.44. The lowest BCUT2D eigenvalue weighted by Crippen LogP contribution is -2.24. The monoisotopic (exact) mass is 307 g/mol. The molecule has 2 rings (SSSR count). The van der Waals surface area contributed by atoms with Crippen molar-refractivity contribution in [2.45, 2.75) is 37.4 Å². The van der Waals surface area contributed by atoms with Crippen molar-refractivity contribution in [2.24, 2.45) is 0 Å². The molecule has 0 bridgehead atoms. The Bertz CT molecular complexity index is 466. The van der Waals surface area contributed by atoms with Crippen molar-refractivity contribution in [1.82, 2.24) is 5.32 Å². The van der Waals surface area contributed by atoms with Crippen molar-refractivity contribution in [1.29, 1.82) is 0 Å². The average Bonchev–Trinajstić information content (AvgIpc) is 2.52. The first-order valence-electron chi connectivity index (χ1n) is 7.57. The standard InChI is InChI=1S/C17H22FNOS/c18-15-9-6-14(7-10-15)8-11-17(20)19-12-13-21-16-4-2-1-3-5-16/h6-11,16H,1-5,12-13H2,(H,19,20). The van der Waals surface area contributed by atoms with E-state index in [1.165, 1.54) is 50.3 Å². The van der Waals surface area contributed by atoms with Gasteiger partial charge in [-0.15, -0.1) is 0 Å². The second kappa shape index (κ2) is 8.88. The first-order chi connectivity index (χ1) is 10.2. The molecule has 1 saturated carbocycles. The number of benzene rings is 1. The Hall–Kier alpha value is -1.29. The second-order valence-electron chi connectivity index (χ2n) is 5.31. The van der Waals surface area contributed by atoms with Gasteiger partial charge in [0.05, 0.1) is 0 Å². The number of nitrogens with one attached hydrogen (secondary N) is 1. The minimum Gasteiger partial charge on any atom is -0.352 e. The Morgan fingerprint density at radius 2 is 1.95 bits per heavy atom. The molecule has 1 aromatic rings. The summed E-state index contributed by atoms with van der Waals surface area (Å²) in [5.41, 5.74) is 0.822. The molecule has 1 amide bonds. The zero-order valence-electron chi connectivity index (χ0n) is 12.2. The molecule has 0 radical (unpaired) electrons. The zero-order valence-corrected chi connectivity index (χ0v) is 13.0. The number of thioether (sulfide) groups is 1. The number of carbonyl (C=O) groups excluding carboxylic acids is 1. The highest BCUT2D eigenvalue weighted by molar-refractivity contribution is 7.99. The van der Waals surface area contributed by atoms with E-state index in [2.05, 4.69) is 5.32 Å². The van der Waals surface area contributed by atoms with Crippen LogP contribution in [0.4, 0.5) is 4.39 Å². The summed E-state index contributed by atoms with van der Waals surface area (Å²) in [6.07, 6.45) is 9.92. The third kappa shape index (κ3) is 6.34. The maximum Gasteiger partial charge on any atom is 0.244 e. The molecule has 0 unspecified atom stereocenters. The molecule has 1 fully saturated rings. The molecule has 0 atom stereocenters. The van der Waals surface area contributed by atoms with Gasteiger partial charge in [0.15, 0.2) is 0 Å². The van der Waals surface area contributed by atoms with Gasteiger partial charge in [-0.1, -0.05) is 31.4 Å². The van der Waals surface area contributed by atoms with Crippen LogP contribution in [0, 0.1) is 5.82 Å². The molecule has 1 aromatic carbocycles. The molecule has 1 aliphatic carbocycles. The lowest BCUT2D eigenvalue weighted by atomic mass is 10.0. The molecule has 0 spiro atoms. The van der Waals surface area contributed by atoms with Crippen molar-refractivity contribution in [2.75, 3.05) is 12.3 Å². The van der Waals surface area contributed by atoms with E-state index >= 15 is 0 Å². The number of carbonyl (C=O) groups is 1. The van der Waals surface area contributed by atoms with E-state index in [1.807, 2.05) is 11.8 Å². The maximum absolute atomic E-state index is 12.7. The van der Waals surface area contributed by atoms with Crippen LogP contribution in [0.1, 0.15) is 37.7 Å². The van der Waals surface area contributed by atoms with E-state index in [0.29, 0.717) is 6.54 Å². The molecule has 1 N–H and O–H groups in total. The molecule has 0 heterocycles. The molecule has 4 heteroatoms. The van der Waals surface area contributed by atoms with Crippen molar-refractivity contribution < 1.29 is 9.18 Å². The Labute approximate surface area is 130 Å². The Kier molecular flexibility index (Phi) is 6.80. The number of amides is 1. The van der Waals surface area contributed by atoms with Crippen LogP contribution in [0.25, 0.3) is 6.08 Å². The van der Waals surface area contributed by atoms with Gasteiger partial charge in [0.2, 0.25) is 5.91 Å². The SMILES string of the molecule is O=C(C=Cc1ccc(F)cc1)NCCSC1CCCCC1. The minimum atomic E-state index is -0.267. The van der Waals surface area contributed by atoms with Crippen molar-refractivity contribution in [3.05, 3.63) is 41.7 Å². The molecule has 114 valence electrons. The van der Waals surface area contributed by atoms with E-state index in [4.69, 9.17) is 0 Å². The summed E-state index contributed by atoms with van der Waals surface area (Å²) in [5, 5.41) is 3.67. The Balaban J connectivity index is 1.61. The molecular weight excluding hydrogens is 285 g/mol. The van der Waals surface area contributed by atoms with E-state index in [9.17, 15) is 9.18 Å². The van der Waals surface area contributed by atoms with E-state index in [1.54, 1.807) is 18.2 Å². The number of hydrogen-bond donors (Lipinski definition) is 1. The van der Waals surface area contributed by atoms with Gasteiger partial charge in [-0.05, 0) is 36.6 Å². The lowest BCUT2D eigenvalue weighted by molar-refractivity contribution is -0.116. The highest BCUT2D eigenvalue weighted by Gasteiger charge is 2.12. The summed E-state index contributed by atoms with van der Waals surface area (Å²) >= 11 is 1.97. The van der Waals surface area contributed by atoms with Crippen LogP contribution in [-0.2, 0) is 4.79 Å². The molecule has 21 heavy (non-hydrogen) atoms. The summed E-state index contributed by atoms with van der Waals surface area (Å²) in [6.45, 7) is 0.702. The van der Waals surface area contributed by atoms with Crippen LogP contribution in [0.15, 0.2) is 30.3 Å². The maximum atomic E-state index is 12.7. The first kappa shape index (κ1) is 16.1. The van der Waals surface area contributed by atoms with Crippen molar-refractivity contribution in [3.8, 4) is 0 Å². The van der Waals surface area contributed by atoms with Gasteiger partial charge < -0.3 is 5.32 Å². The van der Waals surface area contributed by atoms with Gasteiger partial charge in [-0.25, -0.2) is 4.39 Å². The van der Waals surface area contributed by atoms with Gasteiger partial charge in [-0.3, -0.25) is 4.79 Å². The van der Waals surface area contributed by atoms with Gasteiger partial charge in [-0.2, -0.15) is 11.8 Å². The van der Waals surface area contributed by atoms with Crippen molar-refractivity contribution in [3.63, 3.8) is 0 Å². The molecular formula is C17H22FNOS. The summed E-state index contributed by atoms with van der Waals surface area (Å²) in [7, 11) is 0. The smallest absolute Gasteiger partial charge is 0.244 e. The fraction of sp³-hybridized carbons (Fsp3) is 0.471. The summed E-state index contributed by atoms with van der Waals surface area (Å²) in [6, 6.07) is 6.08. The zero-order chi connectivity index (χ0) is 14.9. The van der Waals surface area contributed by atoms with Crippen LogP contribution in [0.5, 0.6) is 0 Å². The highest BCUT2D eigenvalue weighted by atomic mass is 32.2. The third-order valence-corrected chi connectivity index (χ3v) is 4.99. The summed E-state index contributed by atoms with van der Waals surface area (Å²) in [4.78, 5) is 11.7. The van der Waals surface area contributed by atoms with E-state index < -0.39 is 0 Å². The topological polar surface area (TPSA) is 29.1 Å². The number of hydrogen-bond acceptors (Lipinski definition) is 2. The predicted molar refractivity (Wildman–Crippen MR) is 87.8 cm³/mol. The average molecular weight is 307 g/mol. The summed E-state index contributed by atoms with van der Waals surface area (Å²) in [5.74, 6) is 0.612. The van der Waals surface area contributed by atoms with Gasteiger partial charge >= 0.3 is 0 Å². The van der Waals surface area contributed by atoms with Crippen LogP contribution >= 0.6 is 11.8 Å². The Morgan fingerprint density at radius 3 is 2.67 bits per heavy atom. The molecule has 0 saturated heterocycles. The van der Waals surface area contributed by atoms with Crippen LogP contribution < -0.4 is 5.32 Å². The van der Waals surface area contributed by atoms with Gasteiger partial charge in [0, 0.05) is 23.6 Å². The quantitative estimate of drug-likeness (QED) is 0.635. The first-order valence-corrected chi connectivity index (χ1v) is 8.62. The lowest BCUT2D eigenvalue weighted by Gasteiger charge is -2.20. The van der Waals surface area contributed by atoms with E-state index in [0.717, 1.165) is 16.6 Å². The number of rotatable bonds is 6. The largest absolute Gasteiger partial charge is 0.352 e. The molecule has 0 aliphatic heterocycles. The van der Waals surface area contributed by atoms with Crippen LogP contribution in [0.3, 0.4) is 0 Å². The van der Waals surface area contributed by atoms with Crippen LogP contribution in [0.2, 0.25) is 0 Å². The minimum absolute atomic E-state index is 0.0939. The predicted octanol–water partition coefficient (Wildman–Crippen LogP) is 4.02. The third-order valence-electron chi connectivity index (χ3n) is 3.60. The Morgan fingerprint density at radius 1 is 1.24 bits per heavy atom. The second-order valence-corrected chi connectivity index (χ2v) is 6.71. The highest BCUT2D eigenvalue weighted by Crippen LogP contribution is 2.27. The van der Waals surface area contributed by atoms with E-state index in [-0.39, 0.29) is 11.7 Å².